The monoisotopic (exact) mass is 625 g/mol. The molecule has 2 fully saturated rings. The van der Waals surface area contributed by atoms with Crippen molar-refractivity contribution in [3.8, 4) is 0 Å². The lowest BCUT2D eigenvalue weighted by Crippen LogP contribution is -2.60. The van der Waals surface area contributed by atoms with E-state index in [0.29, 0.717) is 19.5 Å². The van der Waals surface area contributed by atoms with Gasteiger partial charge in [0.2, 0.25) is 17.7 Å². The summed E-state index contributed by atoms with van der Waals surface area (Å²) in [5, 5.41) is 10.9. The van der Waals surface area contributed by atoms with E-state index in [4.69, 9.17) is 4.74 Å². The fraction of sp³-hybridized carbons (Fsp3) is 0.500. The second-order valence-corrected chi connectivity index (χ2v) is 15.1. The first-order chi connectivity index (χ1) is 21.8. The van der Waals surface area contributed by atoms with Gasteiger partial charge in [0.25, 0.3) is 0 Å². The third kappa shape index (κ3) is 5.01. The van der Waals surface area contributed by atoms with Crippen molar-refractivity contribution >= 4 is 23.4 Å². The molecule has 6 rings (SSSR count). The van der Waals surface area contributed by atoms with Crippen LogP contribution in [0, 0.1) is 17.3 Å². The van der Waals surface area contributed by atoms with E-state index in [-0.39, 0.29) is 29.7 Å². The number of anilines is 1. The summed E-state index contributed by atoms with van der Waals surface area (Å²) in [6, 6.07) is 16.9. The van der Waals surface area contributed by atoms with E-state index in [2.05, 4.69) is 34.6 Å². The van der Waals surface area contributed by atoms with Gasteiger partial charge in [0.05, 0.1) is 30.1 Å². The van der Waals surface area contributed by atoms with Crippen LogP contribution in [0.3, 0.4) is 0 Å². The molecule has 2 aromatic carbocycles. The highest BCUT2D eigenvalue weighted by atomic mass is 16.5. The summed E-state index contributed by atoms with van der Waals surface area (Å²) in [5.41, 5.74) is -1.66. The molecule has 8 nitrogen and oxygen atoms in total. The van der Waals surface area contributed by atoms with Gasteiger partial charge in [-0.05, 0) is 49.8 Å². The van der Waals surface area contributed by atoms with Crippen LogP contribution >= 0.6 is 0 Å². The molecule has 4 aliphatic heterocycles. The number of amides is 3. The molecule has 6 atom stereocenters. The average Bonchev–Trinajstić information content (AvgIpc) is 3.29. The largest absolute Gasteiger partial charge is 0.394 e. The maximum Gasteiger partial charge on any atom is 0.249 e. The number of carbonyl (C=O) groups excluding carboxylic acids is 3. The summed E-state index contributed by atoms with van der Waals surface area (Å²) >= 11 is 0. The lowest BCUT2D eigenvalue weighted by atomic mass is 9.72. The zero-order valence-corrected chi connectivity index (χ0v) is 27.8. The second kappa shape index (κ2) is 11.5. The zero-order valence-electron chi connectivity index (χ0n) is 27.8. The van der Waals surface area contributed by atoms with E-state index >= 15 is 9.59 Å². The first-order valence-corrected chi connectivity index (χ1v) is 16.5. The summed E-state index contributed by atoms with van der Waals surface area (Å²) in [7, 11) is 0. The van der Waals surface area contributed by atoms with Crippen molar-refractivity contribution in [3.05, 3.63) is 90.5 Å². The van der Waals surface area contributed by atoms with Gasteiger partial charge in [-0.3, -0.25) is 14.4 Å². The number of ether oxygens (including phenoxy) is 1. The molecule has 0 aromatic heterocycles. The number of rotatable bonds is 7. The Bertz CT molecular complexity index is 1550. The van der Waals surface area contributed by atoms with Crippen molar-refractivity contribution in [1.29, 1.82) is 0 Å². The molecule has 0 radical (unpaired) electrons. The first-order valence-electron chi connectivity index (χ1n) is 16.5. The Kier molecular flexibility index (Phi) is 8.05. The maximum atomic E-state index is 15.2. The van der Waals surface area contributed by atoms with Crippen molar-refractivity contribution in [3.63, 3.8) is 0 Å². The molecule has 0 aliphatic carbocycles. The van der Waals surface area contributed by atoms with Crippen LogP contribution in [0.2, 0.25) is 0 Å². The maximum absolute atomic E-state index is 15.2. The van der Waals surface area contributed by atoms with Crippen molar-refractivity contribution in [2.75, 3.05) is 24.6 Å². The molecular weight excluding hydrogens is 578 g/mol. The zero-order chi connectivity index (χ0) is 33.1. The molecule has 2 aromatic rings. The van der Waals surface area contributed by atoms with Crippen LogP contribution in [0.15, 0.2) is 85.0 Å². The normalized spacial score (nSPS) is 30.2. The van der Waals surface area contributed by atoms with E-state index in [0.717, 1.165) is 17.7 Å². The Morgan fingerprint density at radius 2 is 1.48 bits per heavy atom. The number of likely N-dealkylation sites (tertiary alicyclic amines) is 1. The molecule has 4 aliphatic rings. The Morgan fingerprint density at radius 3 is 2.09 bits per heavy atom. The van der Waals surface area contributed by atoms with Crippen molar-refractivity contribution in [2.45, 2.75) is 83.2 Å². The number of carbonyl (C=O) groups is 3. The van der Waals surface area contributed by atoms with E-state index in [1.165, 1.54) is 0 Å². The highest BCUT2D eigenvalue weighted by Crippen LogP contribution is 2.60. The lowest BCUT2D eigenvalue weighted by molar-refractivity contribution is -0.159. The number of hydrogen-bond donors (Lipinski definition) is 1. The van der Waals surface area contributed by atoms with E-state index < -0.39 is 40.7 Å². The molecule has 244 valence electrons. The molecule has 1 spiro atoms. The van der Waals surface area contributed by atoms with Crippen LogP contribution in [0.5, 0.6) is 0 Å². The number of para-hydroxylation sites is 1. The third-order valence-electron chi connectivity index (χ3n) is 10.3. The minimum atomic E-state index is -1.41. The summed E-state index contributed by atoms with van der Waals surface area (Å²) < 4.78 is 7.18. The van der Waals surface area contributed by atoms with E-state index in [1.54, 1.807) is 9.80 Å². The van der Waals surface area contributed by atoms with E-state index in [1.807, 2.05) is 96.8 Å². The average molecular weight is 626 g/mol. The van der Waals surface area contributed by atoms with Crippen LogP contribution in [-0.4, -0.2) is 75.1 Å². The highest BCUT2D eigenvalue weighted by Gasteiger charge is 2.76. The molecule has 46 heavy (non-hydrogen) atoms. The van der Waals surface area contributed by atoms with Crippen LogP contribution < -0.4 is 4.90 Å². The molecule has 1 N–H and O–H groups in total. The number of fused-ring (bicyclic) bond motifs is 2. The van der Waals surface area contributed by atoms with Crippen molar-refractivity contribution in [2.24, 2.45) is 17.3 Å². The third-order valence-corrected chi connectivity index (χ3v) is 10.3. The van der Waals surface area contributed by atoms with Crippen LogP contribution in [0.25, 0.3) is 0 Å². The number of aliphatic hydroxyl groups excluding tert-OH is 1. The molecule has 4 heterocycles. The highest BCUT2D eigenvalue weighted by molar-refractivity contribution is 6.04. The Hall–Kier alpha value is -3.75. The molecule has 0 saturated carbocycles. The van der Waals surface area contributed by atoms with Crippen molar-refractivity contribution < 1.29 is 24.2 Å². The Morgan fingerprint density at radius 1 is 0.848 bits per heavy atom. The summed E-state index contributed by atoms with van der Waals surface area (Å²) in [6.45, 7) is 12.9. The van der Waals surface area contributed by atoms with Gasteiger partial charge in [0, 0.05) is 24.3 Å². The van der Waals surface area contributed by atoms with Gasteiger partial charge in [-0.15, -0.1) is 0 Å². The SMILES string of the molecule is CC[C@]12C=CCN(c3ccccc3)C(=O)[C@H]1[C@H]1C(=O)N([C@H](CO)c3ccccc3)C3C(=O)N(C(C)(C)CC(C)(C)C)CC=C[C@@]31O2. The van der Waals surface area contributed by atoms with Gasteiger partial charge in [-0.1, -0.05) is 101 Å². The molecule has 1 unspecified atom stereocenters. The minimum absolute atomic E-state index is 0.0652. The van der Waals surface area contributed by atoms with Gasteiger partial charge in [-0.2, -0.15) is 0 Å². The van der Waals surface area contributed by atoms with Gasteiger partial charge in [0.1, 0.15) is 11.6 Å². The number of nitrogens with zero attached hydrogens (tertiary/aromatic N) is 3. The predicted octanol–water partition coefficient (Wildman–Crippen LogP) is 5.30. The second-order valence-electron chi connectivity index (χ2n) is 15.1. The molecule has 3 amide bonds. The topological polar surface area (TPSA) is 90.4 Å². The van der Waals surface area contributed by atoms with Crippen LogP contribution in [-0.2, 0) is 19.1 Å². The van der Waals surface area contributed by atoms with Crippen LogP contribution in [0.4, 0.5) is 5.69 Å². The predicted molar refractivity (Wildman–Crippen MR) is 178 cm³/mol. The molecule has 8 heteroatoms. The van der Waals surface area contributed by atoms with E-state index in [9.17, 15) is 9.90 Å². The summed E-state index contributed by atoms with van der Waals surface area (Å²) in [4.78, 5) is 50.2. The number of hydrogen-bond acceptors (Lipinski definition) is 5. The van der Waals surface area contributed by atoms with Crippen LogP contribution in [0.1, 0.15) is 66.0 Å². The first kappa shape index (κ1) is 32.2. The van der Waals surface area contributed by atoms with Gasteiger partial charge >= 0.3 is 0 Å². The van der Waals surface area contributed by atoms with Crippen molar-refractivity contribution in [1.82, 2.24) is 9.80 Å². The quantitative estimate of drug-likeness (QED) is 0.422. The smallest absolute Gasteiger partial charge is 0.249 e. The van der Waals surface area contributed by atoms with Gasteiger partial charge < -0.3 is 24.5 Å². The molecule has 0 bridgehead atoms. The summed E-state index contributed by atoms with van der Waals surface area (Å²) in [5.74, 6) is -2.63. The fourth-order valence-corrected chi connectivity index (χ4v) is 8.84. The number of benzene rings is 2. The number of aliphatic hydroxyl groups is 1. The summed E-state index contributed by atoms with van der Waals surface area (Å²) in [6.07, 6.45) is 8.92. The lowest BCUT2D eigenvalue weighted by Gasteiger charge is -2.46. The fourth-order valence-electron chi connectivity index (χ4n) is 8.84. The molecule has 2 saturated heterocycles. The Balaban J connectivity index is 1.54. The molecular formula is C38H47N3O5. The minimum Gasteiger partial charge on any atom is -0.394 e. The standard InChI is InChI=1S/C38H47N3O5/c1-7-37-20-14-22-39(27-18-12-9-13-19-27)32(43)29(37)30-33(44)41(28(24-42)26-16-10-8-11-17-26)31-34(45)40(23-15-21-38(30,31)46-37)36(5,6)25-35(2,3)4/h8-21,28-31,42H,7,22-25H2,1-6H3/t28-,29-,30+,31?,37+,38+/m1/s1. The van der Waals surface area contributed by atoms with Gasteiger partial charge in [-0.25, -0.2) is 0 Å². The van der Waals surface area contributed by atoms with Gasteiger partial charge in [0.15, 0.2) is 0 Å². The Labute approximate surface area is 272 Å².